The van der Waals surface area contributed by atoms with E-state index in [0.29, 0.717) is 0 Å². The smallest absolute Gasteiger partial charge is 0.309 e. The van der Waals surface area contributed by atoms with Crippen molar-refractivity contribution in [2.45, 2.75) is 98.0 Å². The molecule has 0 amide bonds. The lowest BCUT2D eigenvalue weighted by atomic mass is 9.98. The standard InChI is InChI=1S/C17H34O2/c1-6-8-10-12-14-17(4,5)19-16(18)15(3)13-11-9-7-2/h15H,6-14H2,1-5H3. The highest BCUT2D eigenvalue weighted by molar-refractivity contribution is 5.72. The van der Waals surface area contributed by atoms with Gasteiger partial charge in [-0.05, 0) is 33.1 Å². The van der Waals surface area contributed by atoms with E-state index in [4.69, 9.17) is 4.74 Å². The van der Waals surface area contributed by atoms with Crippen molar-refractivity contribution in [1.29, 1.82) is 0 Å². The van der Waals surface area contributed by atoms with Gasteiger partial charge in [0.1, 0.15) is 5.60 Å². The molecule has 1 atom stereocenters. The highest BCUT2D eigenvalue weighted by atomic mass is 16.6. The van der Waals surface area contributed by atoms with Crippen molar-refractivity contribution >= 4 is 5.97 Å². The zero-order valence-corrected chi connectivity index (χ0v) is 13.8. The minimum Gasteiger partial charge on any atom is -0.459 e. The highest BCUT2D eigenvalue weighted by Crippen LogP contribution is 2.22. The fraction of sp³-hybridized carbons (Fsp3) is 0.941. The number of esters is 1. The third kappa shape index (κ3) is 9.98. The predicted molar refractivity (Wildman–Crippen MR) is 82.2 cm³/mol. The Bertz CT molecular complexity index is 233. The number of hydrogen-bond donors (Lipinski definition) is 0. The Morgan fingerprint density at radius 2 is 1.58 bits per heavy atom. The fourth-order valence-electron chi connectivity index (χ4n) is 2.22. The van der Waals surface area contributed by atoms with Crippen LogP contribution in [0.5, 0.6) is 0 Å². The maximum Gasteiger partial charge on any atom is 0.309 e. The summed E-state index contributed by atoms with van der Waals surface area (Å²) in [6.45, 7) is 10.5. The minimum atomic E-state index is -0.302. The van der Waals surface area contributed by atoms with Crippen molar-refractivity contribution in [2.75, 3.05) is 0 Å². The van der Waals surface area contributed by atoms with Gasteiger partial charge >= 0.3 is 5.97 Å². The average molecular weight is 270 g/mol. The highest BCUT2D eigenvalue weighted by Gasteiger charge is 2.25. The molecule has 0 aromatic carbocycles. The number of ether oxygens (including phenoxy) is 1. The van der Waals surface area contributed by atoms with Gasteiger partial charge < -0.3 is 4.74 Å². The lowest BCUT2D eigenvalue weighted by Crippen LogP contribution is -2.30. The number of rotatable bonds is 11. The first kappa shape index (κ1) is 18.5. The van der Waals surface area contributed by atoms with E-state index in [0.717, 1.165) is 25.7 Å². The van der Waals surface area contributed by atoms with Crippen LogP contribution in [0.25, 0.3) is 0 Å². The molecule has 0 aliphatic rings. The van der Waals surface area contributed by atoms with E-state index < -0.39 is 0 Å². The fourth-order valence-corrected chi connectivity index (χ4v) is 2.22. The van der Waals surface area contributed by atoms with Crippen LogP contribution < -0.4 is 0 Å². The maximum atomic E-state index is 12.0. The second-order valence-corrected chi connectivity index (χ2v) is 6.39. The molecule has 0 heterocycles. The van der Waals surface area contributed by atoms with E-state index in [1.54, 1.807) is 0 Å². The lowest BCUT2D eigenvalue weighted by Gasteiger charge is -2.27. The maximum absolute atomic E-state index is 12.0. The van der Waals surface area contributed by atoms with Crippen molar-refractivity contribution < 1.29 is 9.53 Å². The minimum absolute atomic E-state index is 0.0170. The summed E-state index contributed by atoms with van der Waals surface area (Å²) in [5, 5.41) is 0. The van der Waals surface area contributed by atoms with Gasteiger partial charge in [-0.1, -0.05) is 59.3 Å². The first-order chi connectivity index (χ1) is 8.93. The quantitative estimate of drug-likeness (QED) is 0.366. The molecule has 0 saturated heterocycles. The Hall–Kier alpha value is -0.530. The summed E-state index contributed by atoms with van der Waals surface area (Å²) in [4.78, 5) is 12.0. The largest absolute Gasteiger partial charge is 0.459 e. The first-order valence-electron chi connectivity index (χ1n) is 8.15. The van der Waals surface area contributed by atoms with Gasteiger partial charge in [0, 0.05) is 0 Å². The Morgan fingerprint density at radius 3 is 2.16 bits per heavy atom. The molecule has 1 unspecified atom stereocenters. The zero-order valence-electron chi connectivity index (χ0n) is 13.8. The third-order valence-corrected chi connectivity index (χ3v) is 3.65. The van der Waals surface area contributed by atoms with Crippen molar-refractivity contribution in [2.24, 2.45) is 5.92 Å². The van der Waals surface area contributed by atoms with E-state index in [2.05, 4.69) is 13.8 Å². The third-order valence-electron chi connectivity index (χ3n) is 3.65. The summed E-state index contributed by atoms with van der Waals surface area (Å²) < 4.78 is 5.67. The first-order valence-corrected chi connectivity index (χ1v) is 8.15. The van der Waals surface area contributed by atoms with Crippen LogP contribution in [0.3, 0.4) is 0 Å². The van der Waals surface area contributed by atoms with E-state index in [1.807, 2.05) is 20.8 Å². The van der Waals surface area contributed by atoms with Gasteiger partial charge in [-0.15, -0.1) is 0 Å². The second kappa shape index (κ2) is 10.3. The van der Waals surface area contributed by atoms with Crippen LogP contribution in [0.1, 0.15) is 92.4 Å². The molecule has 19 heavy (non-hydrogen) atoms. The summed E-state index contributed by atoms with van der Waals surface area (Å²) in [6.07, 6.45) is 10.4. The number of hydrogen-bond acceptors (Lipinski definition) is 2. The molecule has 2 heteroatoms. The summed E-state index contributed by atoms with van der Waals surface area (Å²) in [7, 11) is 0. The molecular weight excluding hydrogens is 236 g/mol. The molecule has 0 bridgehead atoms. The molecule has 0 radical (unpaired) electrons. The van der Waals surface area contributed by atoms with Crippen molar-refractivity contribution in [3.8, 4) is 0 Å². The van der Waals surface area contributed by atoms with Crippen LogP contribution in [0.4, 0.5) is 0 Å². The van der Waals surface area contributed by atoms with Gasteiger partial charge in [0.25, 0.3) is 0 Å². The predicted octanol–water partition coefficient (Wildman–Crippen LogP) is 5.50. The molecule has 2 nitrogen and oxygen atoms in total. The van der Waals surface area contributed by atoms with Crippen molar-refractivity contribution in [3.05, 3.63) is 0 Å². The number of unbranched alkanes of at least 4 members (excludes halogenated alkanes) is 5. The van der Waals surface area contributed by atoms with Gasteiger partial charge in [-0.2, -0.15) is 0 Å². The zero-order chi connectivity index (χ0) is 14.7. The van der Waals surface area contributed by atoms with Gasteiger partial charge in [-0.25, -0.2) is 0 Å². The van der Waals surface area contributed by atoms with Crippen molar-refractivity contribution in [1.82, 2.24) is 0 Å². The van der Waals surface area contributed by atoms with E-state index >= 15 is 0 Å². The molecule has 0 N–H and O–H groups in total. The topological polar surface area (TPSA) is 26.3 Å². The Balaban J connectivity index is 3.92. The molecule has 0 aliphatic heterocycles. The number of carbonyl (C=O) groups is 1. The Morgan fingerprint density at radius 1 is 1.00 bits per heavy atom. The van der Waals surface area contributed by atoms with Crippen LogP contribution in [-0.2, 0) is 9.53 Å². The van der Waals surface area contributed by atoms with Gasteiger partial charge in [0.2, 0.25) is 0 Å². The summed E-state index contributed by atoms with van der Waals surface area (Å²) >= 11 is 0. The molecule has 0 rings (SSSR count). The number of carbonyl (C=O) groups excluding carboxylic acids is 1. The molecule has 0 fully saturated rings. The van der Waals surface area contributed by atoms with Gasteiger partial charge in [-0.3, -0.25) is 4.79 Å². The van der Waals surface area contributed by atoms with Crippen LogP contribution in [0.15, 0.2) is 0 Å². The van der Waals surface area contributed by atoms with Crippen molar-refractivity contribution in [3.63, 3.8) is 0 Å². The normalized spacial score (nSPS) is 13.3. The van der Waals surface area contributed by atoms with Crippen LogP contribution in [0, 0.1) is 5.92 Å². The Kier molecular flexibility index (Phi) is 9.99. The van der Waals surface area contributed by atoms with Gasteiger partial charge in [0.05, 0.1) is 5.92 Å². The van der Waals surface area contributed by atoms with E-state index in [1.165, 1.54) is 32.1 Å². The lowest BCUT2D eigenvalue weighted by molar-refractivity contribution is -0.162. The molecule has 0 aromatic rings. The van der Waals surface area contributed by atoms with E-state index in [9.17, 15) is 4.79 Å². The molecule has 0 saturated carbocycles. The molecule has 0 spiro atoms. The Labute approximate surface area is 120 Å². The van der Waals surface area contributed by atoms with Crippen LogP contribution >= 0.6 is 0 Å². The summed E-state index contributed by atoms with van der Waals surface area (Å²) in [5.41, 5.74) is -0.302. The summed E-state index contributed by atoms with van der Waals surface area (Å²) in [6, 6.07) is 0. The average Bonchev–Trinajstić information content (AvgIpc) is 2.34. The van der Waals surface area contributed by atoms with E-state index in [-0.39, 0.29) is 17.5 Å². The summed E-state index contributed by atoms with van der Waals surface area (Å²) in [5.74, 6) is 0.0260. The van der Waals surface area contributed by atoms with Crippen LogP contribution in [0.2, 0.25) is 0 Å². The molecule has 0 aliphatic carbocycles. The second-order valence-electron chi connectivity index (χ2n) is 6.39. The molecule has 0 aromatic heterocycles. The van der Waals surface area contributed by atoms with Gasteiger partial charge in [0.15, 0.2) is 0 Å². The molecular formula is C17H34O2. The SMILES string of the molecule is CCCCCCC(C)(C)OC(=O)C(C)CCCCC. The monoisotopic (exact) mass is 270 g/mol. The van der Waals surface area contributed by atoms with Crippen LogP contribution in [-0.4, -0.2) is 11.6 Å². The molecule has 114 valence electrons.